The number of likely N-dealkylation sites (N-methyl/N-ethyl adjacent to an activating group) is 1. The number of unbranched alkanes of at least 4 members (excludes halogenated alkanes) is 1. The maximum Gasteiger partial charge on any atom is 0.412 e. The van der Waals surface area contributed by atoms with Crippen LogP contribution < -0.4 is 11.1 Å². The number of anilines is 1. The molecule has 2 atom stereocenters. The van der Waals surface area contributed by atoms with Crippen LogP contribution in [-0.2, 0) is 25.5 Å². The zero-order valence-corrected chi connectivity index (χ0v) is 23.8. The molecule has 13 heteroatoms. The van der Waals surface area contributed by atoms with Gasteiger partial charge in [0.05, 0.1) is 24.3 Å². The van der Waals surface area contributed by atoms with Gasteiger partial charge in [0.25, 0.3) is 0 Å². The number of esters is 1. The molecule has 3 rings (SSSR count). The van der Waals surface area contributed by atoms with E-state index in [4.69, 9.17) is 31.9 Å². The van der Waals surface area contributed by atoms with Crippen molar-refractivity contribution in [3.8, 4) is 0 Å². The number of ether oxygens (including phenoxy) is 2. The van der Waals surface area contributed by atoms with Crippen molar-refractivity contribution in [2.75, 3.05) is 32.2 Å². The lowest BCUT2D eigenvalue weighted by Gasteiger charge is -2.28. The molecule has 226 valence electrons. The number of aliphatic hydroxyl groups excluding tert-OH is 1. The van der Waals surface area contributed by atoms with Crippen LogP contribution in [0.4, 0.5) is 19.4 Å². The Kier molecular flexibility index (Phi) is 12.4. The molecular weight excluding hydrogens is 574 g/mol. The minimum Gasteiger partial charge on any atom is -0.464 e. The summed E-state index contributed by atoms with van der Waals surface area (Å²) >= 11 is 6.01. The van der Waals surface area contributed by atoms with Crippen molar-refractivity contribution in [1.82, 2.24) is 9.88 Å². The van der Waals surface area contributed by atoms with Crippen LogP contribution in [0.2, 0.25) is 5.02 Å². The summed E-state index contributed by atoms with van der Waals surface area (Å²) in [6.07, 6.45) is 2.26. The molecule has 1 heterocycles. The second kappa shape index (κ2) is 15.9. The quantitative estimate of drug-likeness (QED) is 0.183. The van der Waals surface area contributed by atoms with Crippen LogP contribution in [0.5, 0.6) is 0 Å². The van der Waals surface area contributed by atoms with Gasteiger partial charge in [0.15, 0.2) is 0 Å². The topological polar surface area (TPSA) is 144 Å². The Labute approximate surface area is 246 Å². The molecule has 1 aromatic heterocycles. The number of halogens is 3. The van der Waals surface area contributed by atoms with Gasteiger partial charge in [0, 0.05) is 25.1 Å². The predicted molar refractivity (Wildman–Crippen MR) is 153 cm³/mol. The Bertz CT molecular complexity index is 1400. The normalized spacial score (nSPS) is 12.4. The molecule has 10 nitrogen and oxygen atoms in total. The van der Waals surface area contributed by atoms with Gasteiger partial charge in [-0.1, -0.05) is 23.7 Å². The second-order valence-electron chi connectivity index (χ2n) is 9.61. The van der Waals surface area contributed by atoms with Crippen molar-refractivity contribution in [3.63, 3.8) is 0 Å². The SMILES string of the molecule is CN(C(=O)CCc1cccc(F)c1Cl)[C@@H](CCCCOC(=O)[C@@H](N)CO)COC(=O)Nc1cc2cc(F)ccc2cn1. The van der Waals surface area contributed by atoms with Gasteiger partial charge in [-0.15, -0.1) is 0 Å². The summed E-state index contributed by atoms with van der Waals surface area (Å²) in [5.41, 5.74) is 5.92. The Hall–Kier alpha value is -3.87. The van der Waals surface area contributed by atoms with Crippen molar-refractivity contribution >= 4 is 46.2 Å². The molecule has 4 N–H and O–H groups in total. The number of benzene rings is 2. The third-order valence-corrected chi connectivity index (χ3v) is 7.00. The fourth-order valence-corrected chi connectivity index (χ4v) is 4.30. The number of nitrogens with one attached hydrogen (secondary N) is 1. The fraction of sp³-hybridized carbons (Fsp3) is 0.379. The lowest BCUT2D eigenvalue weighted by Crippen LogP contribution is -2.41. The third-order valence-electron chi connectivity index (χ3n) is 6.58. The van der Waals surface area contributed by atoms with E-state index in [1.54, 1.807) is 19.2 Å². The standard InChI is InChI=1S/C29H33ClF2N4O6/c1-36(26(38)11-9-18-5-4-7-23(32)27(18)30)22(6-2-3-12-41-28(39)24(33)16-37)17-42-29(40)35-25-14-20-13-21(31)10-8-19(20)15-34-25/h4-5,7-8,10,13-15,22,24,37H,2-3,6,9,11-12,16-17,33H2,1H3,(H,34,35,40)/t22-,24-/m0/s1. The lowest BCUT2D eigenvalue weighted by molar-refractivity contribution is -0.146. The summed E-state index contributed by atoms with van der Waals surface area (Å²) in [4.78, 5) is 42.8. The monoisotopic (exact) mass is 606 g/mol. The number of rotatable bonds is 14. The molecule has 0 aliphatic heterocycles. The smallest absolute Gasteiger partial charge is 0.412 e. The van der Waals surface area contributed by atoms with Gasteiger partial charge in [0.1, 0.15) is 30.1 Å². The van der Waals surface area contributed by atoms with E-state index in [-0.39, 0.29) is 42.8 Å². The van der Waals surface area contributed by atoms with Gasteiger partial charge in [-0.2, -0.15) is 0 Å². The van der Waals surface area contributed by atoms with Crippen LogP contribution in [-0.4, -0.2) is 71.9 Å². The summed E-state index contributed by atoms with van der Waals surface area (Å²) in [6.45, 7) is -0.629. The first-order valence-electron chi connectivity index (χ1n) is 13.3. The van der Waals surface area contributed by atoms with E-state index in [2.05, 4.69) is 10.3 Å². The van der Waals surface area contributed by atoms with Crippen LogP contribution in [0.25, 0.3) is 10.8 Å². The van der Waals surface area contributed by atoms with E-state index < -0.39 is 42.4 Å². The van der Waals surface area contributed by atoms with E-state index in [0.29, 0.717) is 35.6 Å². The minimum atomic E-state index is -1.11. The molecule has 0 bridgehead atoms. The zero-order valence-electron chi connectivity index (χ0n) is 23.0. The molecule has 0 fully saturated rings. The van der Waals surface area contributed by atoms with Crippen LogP contribution in [0.3, 0.4) is 0 Å². The first kappa shape index (κ1) is 32.6. The molecule has 2 amide bonds. The number of aliphatic hydroxyl groups is 1. The number of nitrogens with two attached hydrogens (primary N) is 1. The highest BCUT2D eigenvalue weighted by atomic mass is 35.5. The summed E-state index contributed by atoms with van der Waals surface area (Å²) in [5.74, 6) is -1.83. The average Bonchev–Trinajstić information content (AvgIpc) is 2.97. The molecule has 0 radical (unpaired) electrons. The maximum absolute atomic E-state index is 13.8. The molecule has 2 aromatic carbocycles. The Morgan fingerprint density at radius 2 is 1.90 bits per heavy atom. The number of fused-ring (bicyclic) bond motifs is 1. The Balaban J connectivity index is 1.59. The summed E-state index contributed by atoms with van der Waals surface area (Å²) in [6, 6.07) is 8.44. The average molecular weight is 607 g/mol. The van der Waals surface area contributed by atoms with Gasteiger partial charge >= 0.3 is 12.1 Å². The molecule has 0 unspecified atom stereocenters. The molecule has 0 saturated carbocycles. The molecule has 3 aromatic rings. The molecule has 0 aliphatic rings. The Morgan fingerprint density at radius 3 is 2.67 bits per heavy atom. The summed E-state index contributed by atoms with van der Waals surface area (Å²) in [7, 11) is 1.57. The largest absolute Gasteiger partial charge is 0.464 e. The number of hydrogen-bond acceptors (Lipinski definition) is 8. The molecule has 0 spiro atoms. The number of nitrogens with zero attached hydrogens (tertiary/aromatic N) is 2. The first-order chi connectivity index (χ1) is 20.1. The van der Waals surface area contributed by atoms with Crippen molar-refractivity contribution in [1.29, 1.82) is 0 Å². The maximum atomic E-state index is 13.8. The van der Waals surface area contributed by atoms with Crippen molar-refractivity contribution < 1.29 is 37.7 Å². The van der Waals surface area contributed by atoms with Gasteiger partial charge in [0.2, 0.25) is 5.91 Å². The zero-order chi connectivity index (χ0) is 30.6. The number of hydrogen-bond donors (Lipinski definition) is 3. The van der Waals surface area contributed by atoms with Gasteiger partial charge < -0.3 is 25.2 Å². The number of carbonyl (C=O) groups is 3. The van der Waals surface area contributed by atoms with Crippen LogP contribution in [0.15, 0.2) is 48.7 Å². The predicted octanol–water partition coefficient (Wildman–Crippen LogP) is 4.21. The molecule has 0 aliphatic carbocycles. The highest BCUT2D eigenvalue weighted by Crippen LogP contribution is 2.22. The number of aryl methyl sites for hydroxylation is 1. The molecule has 42 heavy (non-hydrogen) atoms. The molecule has 0 saturated heterocycles. The van der Waals surface area contributed by atoms with Crippen LogP contribution in [0, 0.1) is 11.6 Å². The summed E-state index contributed by atoms with van der Waals surface area (Å²) < 4.78 is 37.8. The van der Waals surface area contributed by atoms with Gasteiger partial charge in [-0.25, -0.2) is 18.6 Å². The van der Waals surface area contributed by atoms with Crippen molar-refractivity contribution in [3.05, 3.63) is 70.9 Å². The lowest BCUT2D eigenvalue weighted by atomic mass is 10.1. The van der Waals surface area contributed by atoms with Gasteiger partial charge in [-0.05, 0) is 67.0 Å². The van der Waals surface area contributed by atoms with E-state index >= 15 is 0 Å². The first-order valence-corrected chi connectivity index (χ1v) is 13.7. The summed E-state index contributed by atoms with van der Waals surface area (Å²) in [5, 5.41) is 12.6. The van der Waals surface area contributed by atoms with E-state index in [1.807, 2.05) is 0 Å². The fourth-order valence-electron chi connectivity index (χ4n) is 4.08. The highest BCUT2D eigenvalue weighted by molar-refractivity contribution is 6.31. The highest BCUT2D eigenvalue weighted by Gasteiger charge is 2.22. The van der Waals surface area contributed by atoms with E-state index in [0.717, 1.165) is 0 Å². The van der Waals surface area contributed by atoms with E-state index in [9.17, 15) is 23.2 Å². The number of carbonyl (C=O) groups excluding carboxylic acids is 3. The van der Waals surface area contributed by atoms with Crippen molar-refractivity contribution in [2.45, 2.75) is 44.2 Å². The minimum absolute atomic E-state index is 0.0370. The molecular formula is C29H33ClF2N4O6. The third kappa shape index (κ3) is 9.61. The number of aromatic nitrogens is 1. The van der Waals surface area contributed by atoms with Crippen LogP contribution >= 0.6 is 11.6 Å². The number of pyridine rings is 1. The van der Waals surface area contributed by atoms with Crippen LogP contribution in [0.1, 0.15) is 31.2 Å². The second-order valence-corrected chi connectivity index (χ2v) is 9.99. The van der Waals surface area contributed by atoms with E-state index in [1.165, 1.54) is 41.4 Å². The number of amides is 2. The Morgan fingerprint density at radius 1 is 1.12 bits per heavy atom. The van der Waals surface area contributed by atoms with Gasteiger partial charge in [-0.3, -0.25) is 14.9 Å². The van der Waals surface area contributed by atoms with Crippen molar-refractivity contribution in [2.24, 2.45) is 5.73 Å².